The number of thioether (sulfide) groups is 1. The number of Topliss-reactive ketones (excluding diaryl/α,β-unsaturated/α-hetero) is 1. The molecule has 0 aliphatic carbocycles. The summed E-state index contributed by atoms with van der Waals surface area (Å²) in [5.41, 5.74) is 1.71. The van der Waals surface area contributed by atoms with E-state index in [1.54, 1.807) is 12.1 Å². The van der Waals surface area contributed by atoms with E-state index in [9.17, 15) is 9.59 Å². The lowest BCUT2D eigenvalue weighted by Gasteiger charge is -2.05. The van der Waals surface area contributed by atoms with Gasteiger partial charge in [0, 0.05) is 10.9 Å². The fourth-order valence-corrected chi connectivity index (χ4v) is 3.78. The number of rotatable bonds is 7. The summed E-state index contributed by atoms with van der Waals surface area (Å²) < 4.78 is 5.08. The Kier molecular flexibility index (Phi) is 5.78. The molecule has 128 valence electrons. The highest BCUT2D eigenvalue weighted by Gasteiger charge is 2.12. The van der Waals surface area contributed by atoms with E-state index in [4.69, 9.17) is 4.74 Å². The molecule has 0 unspecified atom stereocenters. The van der Waals surface area contributed by atoms with E-state index in [0.29, 0.717) is 5.56 Å². The molecular formula is C18H16N2O3S2. The Labute approximate surface area is 153 Å². The van der Waals surface area contributed by atoms with Gasteiger partial charge in [0.05, 0.1) is 5.75 Å². The molecule has 25 heavy (non-hydrogen) atoms. The van der Waals surface area contributed by atoms with Crippen LogP contribution < -0.4 is 0 Å². The van der Waals surface area contributed by atoms with Crippen molar-refractivity contribution in [2.45, 2.75) is 18.4 Å². The first-order valence-electron chi connectivity index (χ1n) is 7.76. The van der Waals surface area contributed by atoms with E-state index in [0.717, 1.165) is 27.2 Å². The fourth-order valence-electron chi connectivity index (χ4n) is 2.21. The van der Waals surface area contributed by atoms with Gasteiger partial charge in [0.2, 0.25) is 0 Å². The summed E-state index contributed by atoms with van der Waals surface area (Å²) in [5.74, 6) is -0.543. The highest BCUT2D eigenvalue weighted by atomic mass is 32.2. The summed E-state index contributed by atoms with van der Waals surface area (Å²) in [7, 11) is 0. The molecule has 0 bridgehead atoms. The molecule has 0 aliphatic rings. The van der Waals surface area contributed by atoms with E-state index in [1.165, 1.54) is 29.4 Å². The zero-order valence-electron chi connectivity index (χ0n) is 13.6. The van der Waals surface area contributed by atoms with Crippen LogP contribution in [0.2, 0.25) is 0 Å². The van der Waals surface area contributed by atoms with Crippen LogP contribution in [0, 0.1) is 0 Å². The standard InChI is InChI=1S/C18H16N2O3S2/c1-2-12-3-5-13(6-4-12)15(21)9-23-16(22)10-25-18-14-7-8-24-17(14)19-11-20-18/h3-8,11H,2,9-10H2,1H3. The van der Waals surface area contributed by atoms with Gasteiger partial charge in [-0.05, 0) is 23.4 Å². The molecule has 0 aliphatic heterocycles. The second kappa shape index (κ2) is 8.22. The van der Waals surface area contributed by atoms with Gasteiger partial charge in [-0.25, -0.2) is 9.97 Å². The number of esters is 1. The number of aryl methyl sites for hydroxylation is 1. The first kappa shape index (κ1) is 17.6. The molecular weight excluding hydrogens is 356 g/mol. The average molecular weight is 372 g/mol. The zero-order valence-corrected chi connectivity index (χ0v) is 15.2. The van der Waals surface area contributed by atoms with E-state index >= 15 is 0 Å². The molecule has 0 N–H and O–H groups in total. The number of ether oxygens (including phenoxy) is 1. The second-order valence-corrected chi connectivity index (χ2v) is 7.10. The van der Waals surface area contributed by atoms with Crippen LogP contribution in [0.1, 0.15) is 22.8 Å². The normalized spacial score (nSPS) is 10.8. The van der Waals surface area contributed by atoms with Crippen molar-refractivity contribution in [2.24, 2.45) is 0 Å². The minimum atomic E-state index is -0.439. The summed E-state index contributed by atoms with van der Waals surface area (Å²) in [6, 6.07) is 9.27. The third-order valence-corrected chi connectivity index (χ3v) is 5.40. The number of benzene rings is 1. The molecule has 5 nitrogen and oxygen atoms in total. The van der Waals surface area contributed by atoms with Crippen molar-refractivity contribution in [3.63, 3.8) is 0 Å². The number of thiophene rings is 1. The van der Waals surface area contributed by atoms with Gasteiger partial charge >= 0.3 is 5.97 Å². The average Bonchev–Trinajstić information content (AvgIpc) is 3.13. The predicted molar refractivity (Wildman–Crippen MR) is 99.2 cm³/mol. The highest BCUT2D eigenvalue weighted by Crippen LogP contribution is 2.27. The van der Waals surface area contributed by atoms with Gasteiger partial charge < -0.3 is 4.74 Å². The van der Waals surface area contributed by atoms with Crippen molar-refractivity contribution >= 4 is 45.1 Å². The number of carbonyl (C=O) groups is 2. The van der Waals surface area contributed by atoms with Crippen LogP contribution in [0.3, 0.4) is 0 Å². The molecule has 7 heteroatoms. The number of fused-ring (bicyclic) bond motifs is 1. The van der Waals surface area contributed by atoms with Gasteiger partial charge in [0.25, 0.3) is 0 Å². The zero-order chi connectivity index (χ0) is 17.6. The van der Waals surface area contributed by atoms with E-state index < -0.39 is 5.97 Å². The molecule has 2 aromatic heterocycles. The monoisotopic (exact) mass is 372 g/mol. The first-order chi connectivity index (χ1) is 12.2. The van der Waals surface area contributed by atoms with Crippen LogP contribution in [0.25, 0.3) is 10.2 Å². The Balaban J connectivity index is 1.50. The Morgan fingerprint density at radius 2 is 1.96 bits per heavy atom. The molecule has 3 rings (SSSR count). The third kappa shape index (κ3) is 4.43. The van der Waals surface area contributed by atoms with E-state index in [2.05, 4.69) is 16.9 Å². The van der Waals surface area contributed by atoms with E-state index in [1.807, 2.05) is 23.6 Å². The van der Waals surface area contributed by atoms with Crippen LogP contribution in [-0.2, 0) is 16.0 Å². The predicted octanol–water partition coefficient (Wildman–Crippen LogP) is 3.77. The fraction of sp³-hybridized carbons (Fsp3) is 0.222. The molecule has 0 saturated carbocycles. The van der Waals surface area contributed by atoms with Gasteiger partial charge in [0.1, 0.15) is 16.2 Å². The van der Waals surface area contributed by atoms with E-state index in [-0.39, 0.29) is 18.1 Å². The molecule has 0 radical (unpaired) electrons. The summed E-state index contributed by atoms with van der Waals surface area (Å²) in [6.07, 6.45) is 2.40. The molecule has 1 aromatic carbocycles. The summed E-state index contributed by atoms with van der Waals surface area (Å²) in [5, 5.41) is 3.60. The number of aromatic nitrogens is 2. The van der Waals surface area contributed by atoms with Crippen molar-refractivity contribution in [3.05, 3.63) is 53.2 Å². The Morgan fingerprint density at radius 1 is 1.16 bits per heavy atom. The van der Waals surface area contributed by atoms with Gasteiger partial charge in [-0.2, -0.15) is 0 Å². The second-order valence-electron chi connectivity index (χ2n) is 5.24. The maximum atomic E-state index is 12.1. The lowest BCUT2D eigenvalue weighted by Crippen LogP contribution is -2.15. The number of hydrogen-bond acceptors (Lipinski definition) is 7. The Hall–Kier alpha value is -2.25. The largest absolute Gasteiger partial charge is 0.457 e. The smallest absolute Gasteiger partial charge is 0.316 e. The highest BCUT2D eigenvalue weighted by molar-refractivity contribution is 8.00. The maximum Gasteiger partial charge on any atom is 0.316 e. The van der Waals surface area contributed by atoms with Gasteiger partial charge in [-0.15, -0.1) is 11.3 Å². The molecule has 0 spiro atoms. The summed E-state index contributed by atoms with van der Waals surface area (Å²) in [6.45, 7) is 1.81. The topological polar surface area (TPSA) is 69.2 Å². The third-order valence-electron chi connectivity index (χ3n) is 3.60. The molecule has 0 fully saturated rings. The SMILES string of the molecule is CCc1ccc(C(=O)COC(=O)CSc2ncnc3sccc23)cc1. The lowest BCUT2D eigenvalue weighted by atomic mass is 10.1. The lowest BCUT2D eigenvalue weighted by molar-refractivity contribution is -0.139. The van der Waals surface area contributed by atoms with Crippen molar-refractivity contribution < 1.29 is 14.3 Å². The van der Waals surface area contributed by atoms with Crippen molar-refractivity contribution in [1.82, 2.24) is 9.97 Å². The summed E-state index contributed by atoms with van der Waals surface area (Å²) in [4.78, 5) is 33.2. The Morgan fingerprint density at radius 3 is 2.72 bits per heavy atom. The summed E-state index contributed by atoms with van der Waals surface area (Å²) >= 11 is 2.81. The van der Waals surface area contributed by atoms with Crippen LogP contribution >= 0.6 is 23.1 Å². The van der Waals surface area contributed by atoms with Crippen LogP contribution in [0.15, 0.2) is 47.1 Å². The minimum absolute atomic E-state index is 0.101. The molecule has 2 heterocycles. The Bertz CT molecular complexity index is 891. The maximum absolute atomic E-state index is 12.1. The quantitative estimate of drug-likeness (QED) is 0.272. The minimum Gasteiger partial charge on any atom is -0.457 e. The molecule has 3 aromatic rings. The van der Waals surface area contributed by atoms with Crippen molar-refractivity contribution in [2.75, 3.05) is 12.4 Å². The van der Waals surface area contributed by atoms with Crippen LogP contribution in [-0.4, -0.2) is 34.1 Å². The van der Waals surface area contributed by atoms with Gasteiger partial charge in [-0.1, -0.05) is 43.0 Å². The molecule has 0 atom stereocenters. The molecule has 0 amide bonds. The number of ketones is 1. The van der Waals surface area contributed by atoms with Gasteiger partial charge in [0.15, 0.2) is 12.4 Å². The first-order valence-corrected chi connectivity index (χ1v) is 9.62. The van der Waals surface area contributed by atoms with Crippen molar-refractivity contribution in [1.29, 1.82) is 0 Å². The number of carbonyl (C=O) groups excluding carboxylic acids is 2. The molecule has 0 saturated heterocycles. The van der Waals surface area contributed by atoms with Crippen LogP contribution in [0.5, 0.6) is 0 Å². The number of hydrogen-bond donors (Lipinski definition) is 0. The number of nitrogens with zero attached hydrogens (tertiary/aromatic N) is 2. The van der Waals surface area contributed by atoms with Gasteiger partial charge in [-0.3, -0.25) is 9.59 Å². The van der Waals surface area contributed by atoms with Crippen LogP contribution in [0.4, 0.5) is 0 Å². The van der Waals surface area contributed by atoms with Crippen molar-refractivity contribution in [3.8, 4) is 0 Å².